The number of amides is 1. The summed E-state index contributed by atoms with van der Waals surface area (Å²) < 4.78 is 6.12. The van der Waals surface area contributed by atoms with Crippen molar-refractivity contribution in [3.8, 4) is 0 Å². The number of carbonyl (C=O) groups excluding carboxylic acids is 1. The van der Waals surface area contributed by atoms with Crippen LogP contribution in [0.3, 0.4) is 0 Å². The Balaban J connectivity index is 1.40. The Morgan fingerprint density at radius 2 is 1.85 bits per heavy atom. The lowest BCUT2D eigenvalue weighted by atomic mass is 10.0. The maximum absolute atomic E-state index is 13.3. The summed E-state index contributed by atoms with van der Waals surface area (Å²) in [5.74, 6) is 2.79. The normalized spacial score (nSPS) is 26.0. The van der Waals surface area contributed by atoms with Crippen molar-refractivity contribution in [1.29, 1.82) is 0 Å². The number of likely N-dealkylation sites (tertiary alicyclic amines) is 1. The van der Waals surface area contributed by atoms with E-state index >= 15 is 0 Å². The molecule has 0 radical (unpaired) electrons. The van der Waals surface area contributed by atoms with Crippen molar-refractivity contribution in [1.82, 2.24) is 10.2 Å². The summed E-state index contributed by atoms with van der Waals surface area (Å²) in [6.45, 7) is 3.81. The molecule has 1 N–H and O–H groups in total. The van der Waals surface area contributed by atoms with Crippen LogP contribution in [0.4, 0.5) is 0 Å². The Bertz CT molecular complexity index is 815. The van der Waals surface area contributed by atoms with Crippen molar-refractivity contribution in [2.24, 2.45) is 11.8 Å². The van der Waals surface area contributed by atoms with Crippen LogP contribution in [-0.2, 0) is 5.75 Å². The van der Waals surface area contributed by atoms with Gasteiger partial charge in [0.1, 0.15) is 5.58 Å². The number of benzene rings is 1. The van der Waals surface area contributed by atoms with Gasteiger partial charge in [-0.25, -0.2) is 0 Å². The number of fused-ring (bicyclic) bond motifs is 2. The molecule has 3 aliphatic rings. The maximum Gasteiger partial charge on any atom is 0.289 e. The van der Waals surface area contributed by atoms with Crippen LogP contribution >= 0.6 is 11.8 Å². The largest absolute Gasteiger partial charge is 0.451 e. The topological polar surface area (TPSA) is 45.5 Å². The van der Waals surface area contributed by atoms with Gasteiger partial charge in [0.2, 0.25) is 0 Å². The Hall–Kier alpha value is -1.46. The quantitative estimate of drug-likeness (QED) is 0.854. The third-order valence-electron chi connectivity index (χ3n) is 6.58. The molecule has 2 atom stereocenters. The fraction of sp³-hybridized carbons (Fsp3) is 0.591. The first-order valence-corrected chi connectivity index (χ1v) is 11.5. The minimum atomic E-state index is 0.0971. The maximum atomic E-state index is 13.3. The molecule has 3 fully saturated rings. The van der Waals surface area contributed by atoms with Crippen LogP contribution in [0, 0.1) is 11.8 Å². The van der Waals surface area contributed by atoms with Crippen LogP contribution in [0.2, 0.25) is 0 Å². The van der Waals surface area contributed by atoms with E-state index in [1.165, 1.54) is 32.1 Å². The van der Waals surface area contributed by atoms with Crippen molar-refractivity contribution in [2.45, 2.75) is 43.1 Å². The van der Waals surface area contributed by atoms with E-state index in [0.29, 0.717) is 17.6 Å². The summed E-state index contributed by atoms with van der Waals surface area (Å²) in [5, 5.41) is 5.29. The lowest BCUT2D eigenvalue weighted by Crippen LogP contribution is -2.32. The van der Waals surface area contributed by atoms with Gasteiger partial charge in [0.05, 0.1) is 0 Å². The Morgan fingerprint density at radius 3 is 2.63 bits per heavy atom. The number of carbonyl (C=O) groups is 1. The number of rotatable bonds is 4. The highest BCUT2D eigenvalue weighted by molar-refractivity contribution is 7.99. The van der Waals surface area contributed by atoms with Crippen LogP contribution in [0.5, 0.6) is 0 Å². The van der Waals surface area contributed by atoms with Crippen molar-refractivity contribution in [3.05, 3.63) is 35.6 Å². The highest BCUT2D eigenvalue weighted by Crippen LogP contribution is 2.36. The van der Waals surface area contributed by atoms with Crippen molar-refractivity contribution >= 4 is 28.6 Å². The summed E-state index contributed by atoms with van der Waals surface area (Å²) in [4.78, 5) is 15.4. The summed E-state index contributed by atoms with van der Waals surface area (Å²) in [6, 6.07) is 8.13. The minimum absolute atomic E-state index is 0.0971. The van der Waals surface area contributed by atoms with Gasteiger partial charge in [0.25, 0.3) is 5.91 Å². The molecule has 5 rings (SSSR count). The zero-order valence-corrected chi connectivity index (χ0v) is 16.6. The SMILES string of the molecule is O=C(c1oc2ccccc2c1CSC1CCCCC1)N1C[C@H]2CNC[C@H]2C1. The fourth-order valence-corrected chi connectivity index (χ4v) is 6.37. The first kappa shape index (κ1) is 17.6. The molecule has 4 nitrogen and oxygen atoms in total. The first-order valence-electron chi connectivity index (χ1n) is 10.4. The van der Waals surface area contributed by atoms with Gasteiger partial charge in [-0.15, -0.1) is 0 Å². The molecule has 2 aliphatic heterocycles. The van der Waals surface area contributed by atoms with E-state index < -0.39 is 0 Å². The highest BCUT2D eigenvalue weighted by atomic mass is 32.2. The number of nitrogens with zero attached hydrogens (tertiary/aromatic N) is 1. The van der Waals surface area contributed by atoms with Crippen LogP contribution in [0.15, 0.2) is 28.7 Å². The number of hydrogen-bond acceptors (Lipinski definition) is 4. The summed E-state index contributed by atoms with van der Waals surface area (Å²) >= 11 is 2.02. The number of nitrogens with one attached hydrogen (secondary N) is 1. The second kappa shape index (κ2) is 7.51. The second-order valence-electron chi connectivity index (χ2n) is 8.37. The average Bonchev–Trinajstić information content (AvgIpc) is 3.39. The van der Waals surface area contributed by atoms with Crippen molar-refractivity contribution in [2.75, 3.05) is 26.2 Å². The molecule has 1 saturated carbocycles. The van der Waals surface area contributed by atoms with Gasteiger partial charge in [-0.3, -0.25) is 4.79 Å². The third-order valence-corrected chi connectivity index (χ3v) is 7.98. The lowest BCUT2D eigenvalue weighted by Gasteiger charge is -2.21. The average molecular weight is 385 g/mol. The monoisotopic (exact) mass is 384 g/mol. The van der Waals surface area contributed by atoms with E-state index in [-0.39, 0.29) is 5.91 Å². The van der Waals surface area contributed by atoms with E-state index in [0.717, 1.165) is 53.7 Å². The third kappa shape index (κ3) is 3.40. The van der Waals surface area contributed by atoms with Crippen LogP contribution in [0.25, 0.3) is 11.0 Å². The van der Waals surface area contributed by atoms with Crippen LogP contribution in [0.1, 0.15) is 48.2 Å². The van der Waals surface area contributed by atoms with E-state index in [1.807, 2.05) is 34.9 Å². The number of hydrogen-bond donors (Lipinski definition) is 1. The van der Waals surface area contributed by atoms with Gasteiger partial charge in [-0.2, -0.15) is 11.8 Å². The van der Waals surface area contributed by atoms with Gasteiger partial charge in [-0.1, -0.05) is 37.5 Å². The molecule has 0 unspecified atom stereocenters. The molecule has 27 heavy (non-hydrogen) atoms. The number of para-hydroxylation sites is 1. The zero-order chi connectivity index (χ0) is 18.2. The summed E-state index contributed by atoms with van der Waals surface area (Å²) in [5.41, 5.74) is 1.96. The van der Waals surface area contributed by atoms with E-state index in [2.05, 4.69) is 11.4 Å². The predicted molar refractivity (Wildman–Crippen MR) is 110 cm³/mol. The molecular weight excluding hydrogens is 356 g/mol. The van der Waals surface area contributed by atoms with Crippen molar-refractivity contribution < 1.29 is 9.21 Å². The van der Waals surface area contributed by atoms with E-state index in [4.69, 9.17) is 4.42 Å². The minimum Gasteiger partial charge on any atom is -0.451 e. The molecule has 3 heterocycles. The zero-order valence-electron chi connectivity index (χ0n) is 15.8. The summed E-state index contributed by atoms with van der Waals surface area (Å²) in [7, 11) is 0. The van der Waals surface area contributed by atoms with E-state index in [1.54, 1.807) is 0 Å². The van der Waals surface area contributed by atoms with Crippen LogP contribution < -0.4 is 5.32 Å². The van der Waals surface area contributed by atoms with Gasteiger partial charge in [-0.05, 0) is 30.7 Å². The molecule has 0 spiro atoms. The molecule has 2 aromatic rings. The molecular formula is C22H28N2O2S. The van der Waals surface area contributed by atoms with Gasteiger partial charge in [0, 0.05) is 48.1 Å². The van der Waals surface area contributed by atoms with Gasteiger partial charge in [0.15, 0.2) is 5.76 Å². The van der Waals surface area contributed by atoms with Crippen molar-refractivity contribution in [3.63, 3.8) is 0 Å². The second-order valence-corrected chi connectivity index (χ2v) is 9.65. The summed E-state index contributed by atoms with van der Waals surface area (Å²) in [6.07, 6.45) is 6.69. The number of furan rings is 1. The van der Waals surface area contributed by atoms with Gasteiger partial charge >= 0.3 is 0 Å². The predicted octanol–water partition coefficient (Wildman–Crippen LogP) is 4.29. The fourth-order valence-electron chi connectivity index (χ4n) is 5.01. The smallest absolute Gasteiger partial charge is 0.289 e. The van der Waals surface area contributed by atoms with Crippen LogP contribution in [-0.4, -0.2) is 42.2 Å². The highest BCUT2D eigenvalue weighted by Gasteiger charge is 2.39. The molecule has 2 saturated heterocycles. The molecule has 1 amide bonds. The molecule has 1 aromatic carbocycles. The standard InChI is InChI=1S/C22H28N2O2S/c25-22(24-12-15-10-23-11-16(15)13-24)21-19(14-27-17-6-2-1-3-7-17)18-8-4-5-9-20(18)26-21/h4-5,8-9,15-17,23H,1-3,6-7,10-14H2/t15-,16+. The Labute approximate surface area is 165 Å². The van der Waals surface area contributed by atoms with Gasteiger partial charge < -0.3 is 14.6 Å². The molecule has 0 bridgehead atoms. The lowest BCUT2D eigenvalue weighted by molar-refractivity contribution is 0.0751. The molecule has 1 aromatic heterocycles. The Kier molecular flexibility index (Phi) is 4.91. The molecule has 5 heteroatoms. The number of thioether (sulfide) groups is 1. The molecule has 144 valence electrons. The Morgan fingerprint density at radius 1 is 1.11 bits per heavy atom. The first-order chi connectivity index (χ1) is 13.3. The molecule has 1 aliphatic carbocycles. The van der Waals surface area contributed by atoms with E-state index in [9.17, 15) is 4.79 Å².